The molecule has 0 saturated heterocycles. The smallest absolute Gasteiger partial charge is 0.220 e. The molecule has 4 heteroatoms. The Hall–Kier alpha value is -2.49. The molecule has 0 aromatic heterocycles. The van der Waals surface area contributed by atoms with Crippen molar-refractivity contribution in [1.29, 1.82) is 0 Å². The average Bonchev–Trinajstić information content (AvgIpc) is 2.67. The molecule has 4 nitrogen and oxygen atoms in total. The number of hydrogen-bond acceptors (Lipinski definition) is 3. The van der Waals surface area contributed by atoms with Gasteiger partial charge >= 0.3 is 0 Å². The van der Waals surface area contributed by atoms with Gasteiger partial charge in [-0.3, -0.25) is 4.79 Å². The van der Waals surface area contributed by atoms with E-state index in [9.17, 15) is 15.0 Å². The van der Waals surface area contributed by atoms with Crippen LogP contribution >= 0.6 is 0 Å². The van der Waals surface area contributed by atoms with E-state index in [2.05, 4.69) is 67.6 Å². The largest absolute Gasteiger partial charge is 0.507 e. The number of carbonyl (C=O) groups excluding carboxylic acids is 1. The zero-order valence-corrected chi connectivity index (χ0v) is 22.9. The van der Waals surface area contributed by atoms with Crippen molar-refractivity contribution in [2.24, 2.45) is 0 Å². The van der Waals surface area contributed by atoms with Gasteiger partial charge in [-0.25, -0.2) is 0 Å². The van der Waals surface area contributed by atoms with Gasteiger partial charge in [0.15, 0.2) is 0 Å². The number of aromatic hydroxyl groups is 2. The monoisotopic (exact) mass is 467 g/mol. The fraction of sp³-hybridized carbons (Fsp3) is 0.567. The molecule has 0 aliphatic carbocycles. The standard InChI is InChI=1S/C30H45NO3/c1-19-15-21(18-22(26(19)33)28(2,3)4)13-14-31-25(32)12-11-20-16-23(29(5,6)7)27(34)24(17-20)30(8,9)10/h15-18,33-34H,11-14H2,1-10H3,(H,31,32). The summed E-state index contributed by atoms with van der Waals surface area (Å²) in [6.45, 7) is 21.3. The lowest BCUT2D eigenvalue weighted by atomic mass is 9.78. The lowest BCUT2D eigenvalue weighted by molar-refractivity contribution is -0.121. The van der Waals surface area contributed by atoms with E-state index in [-0.39, 0.29) is 22.2 Å². The fourth-order valence-electron chi connectivity index (χ4n) is 4.24. The second-order valence-electron chi connectivity index (χ2n) is 12.7. The number of phenols is 2. The molecule has 0 unspecified atom stereocenters. The van der Waals surface area contributed by atoms with Crippen LogP contribution in [0.25, 0.3) is 0 Å². The third kappa shape index (κ3) is 7.01. The second kappa shape index (κ2) is 10.0. The average molecular weight is 468 g/mol. The first-order valence-electron chi connectivity index (χ1n) is 12.4. The van der Waals surface area contributed by atoms with Gasteiger partial charge < -0.3 is 15.5 Å². The van der Waals surface area contributed by atoms with Crippen LogP contribution in [-0.4, -0.2) is 22.7 Å². The number of rotatable bonds is 6. The fourth-order valence-corrected chi connectivity index (χ4v) is 4.24. The third-order valence-electron chi connectivity index (χ3n) is 6.33. The van der Waals surface area contributed by atoms with E-state index < -0.39 is 0 Å². The minimum absolute atomic E-state index is 0.0224. The first-order chi connectivity index (χ1) is 15.4. The minimum atomic E-state index is -0.184. The Labute approximate surface area is 206 Å². The zero-order chi connectivity index (χ0) is 26.1. The number of benzene rings is 2. The predicted molar refractivity (Wildman–Crippen MR) is 142 cm³/mol. The van der Waals surface area contributed by atoms with Crippen LogP contribution in [0.1, 0.15) is 102 Å². The lowest BCUT2D eigenvalue weighted by Crippen LogP contribution is -2.26. The minimum Gasteiger partial charge on any atom is -0.507 e. The summed E-state index contributed by atoms with van der Waals surface area (Å²) in [5, 5.41) is 24.4. The highest BCUT2D eigenvalue weighted by Crippen LogP contribution is 2.40. The van der Waals surface area contributed by atoms with E-state index in [0.717, 1.165) is 39.8 Å². The summed E-state index contributed by atoms with van der Waals surface area (Å²) in [4.78, 5) is 12.6. The van der Waals surface area contributed by atoms with Gasteiger partial charge in [0.05, 0.1) is 0 Å². The van der Waals surface area contributed by atoms with Crippen LogP contribution in [0.4, 0.5) is 0 Å². The first kappa shape index (κ1) is 27.8. The highest BCUT2D eigenvalue weighted by Gasteiger charge is 2.26. The molecule has 1 amide bonds. The number of hydrogen-bond donors (Lipinski definition) is 3. The van der Waals surface area contributed by atoms with Gasteiger partial charge in [-0.1, -0.05) is 86.6 Å². The summed E-state index contributed by atoms with van der Waals surface area (Å²) in [6.07, 6.45) is 1.75. The van der Waals surface area contributed by atoms with E-state index in [1.807, 2.05) is 31.2 Å². The van der Waals surface area contributed by atoms with Crippen molar-refractivity contribution in [2.75, 3.05) is 6.54 Å². The summed E-state index contributed by atoms with van der Waals surface area (Å²) in [7, 11) is 0. The van der Waals surface area contributed by atoms with Crippen LogP contribution in [0.2, 0.25) is 0 Å². The van der Waals surface area contributed by atoms with E-state index in [0.29, 0.717) is 30.9 Å². The van der Waals surface area contributed by atoms with E-state index in [4.69, 9.17) is 0 Å². The molecule has 0 radical (unpaired) electrons. The molecule has 34 heavy (non-hydrogen) atoms. The van der Waals surface area contributed by atoms with E-state index in [1.165, 1.54) is 0 Å². The number of carbonyl (C=O) groups is 1. The van der Waals surface area contributed by atoms with Crippen molar-refractivity contribution >= 4 is 5.91 Å². The Bertz CT molecular complexity index is 996. The van der Waals surface area contributed by atoms with E-state index >= 15 is 0 Å². The summed E-state index contributed by atoms with van der Waals surface area (Å²) < 4.78 is 0. The maximum absolute atomic E-state index is 12.6. The Morgan fingerprint density at radius 2 is 1.12 bits per heavy atom. The van der Waals surface area contributed by atoms with Crippen molar-refractivity contribution < 1.29 is 15.0 Å². The Balaban J connectivity index is 2.06. The van der Waals surface area contributed by atoms with Gasteiger partial charge in [0.2, 0.25) is 5.91 Å². The Kier molecular flexibility index (Phi) is 8.17. The number of aryl methyl sites for hydroxylation is 2. The van der Waals surface area contributed by atoms with Crippen molar-refractivity contribution in [2.45, 2.75) is 105 Å². The van der Waals surface area contributed by atoms with Gasteiger partial charge in [0.1, 0.15) is 11.5 Å². The zero-order valence-electron chi connectivity index (χ0n) is 22.9. The molecule has 0 aliphatic rings. The van der Waals surface area contributed by atoms with Crippen LogP contribution in [0.5, 0.6) is 11.5 Å². The number of nitrogens with one attached hydrogen (secondary N) is 1. The molecule has 2 aromatic rings. The highest BCUT2D eigenvalue weighted by atomic mass is 16.3. The van der Waals surface area contributed by atoms with Gasteiger partial charge in [0.25, 0.3) is 0 Å². The maximum atomic E-state index is 12.6. The Morgan fingerprint density at radius 1 is 0.706 bits per heavy atom. The maximum Gasteiger partial charge on any atom is 0.220 e. The van der Waals surface area contributed by atoms with Crippen molar-refractivity contribution in [3.8, 4) is 11.5 Å². The van der Waals surface area contributed by atoms with Gasteiger partial charge in [-0.2, -0.15) is 0 Å². The molecule has 2 aromatic carbocycles. The molecular formula is C30H45NO3. The van der Waals surface area contributed by atoms with Crippen molar-refractivity contribution in [3.05, 3.63) is 57.6 Å². The Morgan fingerprint density at radius 3 is 1.56 bits per heavy atom. The second-order valence-corrected chi connectivity index (χ2v) is 12.7. The van der Waals surface area contributed by atoms with Crippen LogP contribution in [0.15, 0.2) is 24.3 Å². The van der Waals surface area contributed by atoms with Crippen LogP contribution in [-0.2, 0) is 33.9 Å². The van der Waals surface area contributed by atoms with Crippen LogP contribution in [0.3, 0.4) is 0 Å². The van der Waals surface area contributed by atoms with E-state index in [1.54, 1.807) is 0 Å². The molecule has 0 bridgehead atoms. The summed E-state index contributed by atoms with van der Waals surface area (Å²) in [5.74, 6) is 0.750. The quantitative estimate of drug-likeness (QED) is 0.449. The topological polar surface area (TPSA) is 69.6 Å². The van der Waals surface area contributed by atoms with Crippen molar-refractivity contribution in [3.63, 3.8) is 0 Å². The van der Waals surface area contributed by atoms with Gasteiger partial charge in [-0.15, -0.1) is 0 Å². The molecule has 2 rings (SSSR count). The molecule has 188 valence electrons. The number of amides is 1. The third-order valence-corrected chi connectivity index (χ3v) is 6.33. The molecule has 0 atom stereocenters. The summed E-state index contributed by atoms with van der Waals surface area (Å²) >= 11 is 0. The molecular weight excluding hydrogens is 422 g/mol. The molecule has 0 saturated carbocycles. The number of phenolic OH excluding ortho intramolecular Hbond substituents is 2. The SMILES string of the molecule is Cc1cc(CCNC(=O)CCc2cc(C(C)(C)C)c(O)c(C(C)(C)C)c2)cc(C(C)(C)C)c1O. The van der Waals surface area contributed by atoms with Gasteiger partial charge in [-0.05, 0) is 69.4 Å². The summed E-state index contributed by atoms with van der Waals surface area (Å²) in [5.41, 5.74) is 5.33. The summed E-state index contributed by atoms with van der Waals surface area (Å²) in [6, 6.07) is 8.14. The van der Waals surface area contributed by atoms with Crippen LogP contribution < -0.4 is 5.32 Å². The lowest BCUT2D eigenvalue weighted by Gasteiger charge is -2.28. The van der Waals surface area contributed by atoms with Crippen molar-refractivity contribution in [1.82, 2.24) is 5.32 Å². The molecule has 0 heterocycles. The predicted octanol–water partition coefficient (Wildman–Crippen LogP) is 6.59. The molecule has 0 aliphatic heterocycles. The first-order valence-corrected chi connectivity index (χ1v) is 12.4. The molecule has 0 spiro atoms. The normalized spacial score (nSPS) is 12.6. The van der Waals surface area contributed by atoms with Crippen LogP contribution in [0, 0.1) is 6.92 Å². The molecule has 3 N–H and O–H groups in total. The highest BCUT2D eigenvalue weighted by molar-refractivity contribution is 5.76. The van der Waals surface area contributed by atoms with Gasteiger partial charge in [0, 0.05) is 13.0 Å². The molecule has 0 fully saturated rings.